The van der Waals surface area contributed by atoms with Gasteiger partial charge in [0.2, 0.25) is 0 Å². The minimum Gasteiger partial charge on any atom is -0.345 e. The summed E-state index contributed by atoms with van der Waals surface area (Å²) in [4.78, 5) is 15.5. The van der Waals surface area contributed by atoms with E-state index in [9.17, 15) is 4.79 Å². The smallest absolute Gasteiger partial charge is 0.270 e. The van der Waals surface area contributed by atoms with Crippen LogP contribution in [-0.4, -0.2) is 30.0 Å². The van der Waals surface area contributed by atoms with Crippen LogP contribution in [0.1, 0.15) is 16.1 Å². The van der Waals surface area contributed by atoms with Gasteiger partial charge in [-0.3, -0.25) is 4.79 Å². The van der Waals surface area contributed by atoms with Crippen molar-refractivity contribution in [3.05, 3.63) is 29.6 Å². The van der Waals surface area contributed by atoms with E-state index in [0.717, 1.165) is 13.1 Å². The average Bonchev–Trinajstić information content (AvgIpc) is 2.23. The summed E-state index contributed by atoms with van der Waals surface area (Å²) >= 11 is 0. The number of rotatable bonds is 2. The molecule has 76 valence electrons. The highest BCUT2D eigenvalue weighted by Gasteiger charge is 2.19. The summed E-state index contributed by atoms with van der Waals surface area (Å²) in [6.07, 6.45) is 1.40. The third-order valence-corrected chi connectivity index (χ3v) is 2.24. The van der Waals surface area contributed by atoms with Gasteiger partial charge in [0.05, 0.1) is 11.6 Å². The van der Waals surface area contributed by atoms with E-state index in [-0.39, 0.29) is 11.9 Å². The SMILES string of the molecule is N#Cc1ccc(C(=O)NC2CNC2)nc1. The van der Waals surface area contributed by atoms with Gasteiger partial charge in [0, 0.05) is 19.3 Å². The molecule has 2 N–H and O–H groups in total. The molecule has 0 atom stereocenters. The molecular formula is C10H10N4O. The number of hydrogen-bond donors (Lipinski definition) is 2. The number of nitrogens with zero attached hydrogens (tertiary/aromatic N) is 2. The van der Waals surface area contributed by atoms with Crippen molar-refractivity contribution in [2.24, 2.45) is 0 Å². The Morgan fingerprint density at radius 3 is 2.87 bits per heavy atom. The molecule has 15 heavy (non-hydrogen) atoms. The molecule has 2 rings (SSSR count). The molecule has 1 fully saturated rings. The lowest BCUT2D eigenvalue weighted by atomic mass is 10.1. The number of aromatic nitrogens is 1. The van der Waals surface area contributed by atoms with Crippen LogP contribution in [0.3, 0.4) is 0 Å². The van der Waals surface area contributed by atoms with E-state index in [4.69, 9.17) is 5.26 Å². The van der Waals surface area contributed by atoms with Crippen molar-refractivity contribution in [3.63, 3.8) is 0 Å². The summed E-state index contributed by atoms with van der Waals surface area (Å²) in [6, 6.07) is 5.30. The van der Waals surface area contributed by atoms with E-state index >= 15 is 0 Å². The maximum absolute atomic E-state index is 11.6. The predicted molar refractivity (Wildman–Crippen MR) is 53.1 cm³/mol. The number of carbonyl (C=O) groups is 1. The second-order valence-corrected chi connectivity index (χ2v) is 3.37. The van der Waals surface area contributed by atoms with Crippen molar-refractivity contribution in [1.29, 1.82) is 5.26 Å². The van der Waals surface area contributed by atoms with E-state index in [1.54, 1.807) is 12.1 Å². The van der Waals surface area contributed by atoms with Gasteiger partial charge in [-0.15, -0.1) is 0 Å². The molecule has 0 aliphatic carbocycles. The Bertz CT molecular complexity index is 402. The van der Waals surface area contributed by atoms with Crippen LogP contribution in [0.25, 0.3) is 0 Å². The first-order chi connectivity index (χ1) is 7.29. The minimum absolute atomic E-state index is 0.189. The molecule has 1 saturated heterocycles. The molecule has 5 heteroatoms. The topological polar surface area (TPSA) is 77.8 Å². The molecule has 0 unspecified atom stereocenters. The molecule has 2 heterocycles. The maximum atomic E-state index is 11.6. The van der Waals surface area contributed by atoms with Crippen LogP contribution >= 0.6 is 0 Å². The standard InChI is InChI=1S/C10H10N4O/c11-3-7-1-2-9(13-4-7)10(15)14-8-5-12-6-8/h1-2,4,8,12H,5-6H2,(H,14,15). The maximum Gasteiger partial charge on any atom is 0.270 e. The van der Waals surface area contributed by atoms with Gasteiger partial charge in [0.1, 0.15) is 11.8 Å². The van der Waals surface area contributed by atoms with Crippen molar-refractivity contribution >= 4 is 5.91 Å². The largest absolute Gasteiger partial charge is 0.345 e. The van der Waals surface area contributed by atoms with Gasteiger partial charge >= 0.3 is 0 Å². The Morgan fingerprint density at radius 1 is 1.60 bits per heavy atom. The van der Waals surface area contributed by atoms with Gasteiger partial charge in [0.25, 0.3) is 5.91 Å². The summed E-state index contributed by atoms with van der Waals surface area (Å²) in [5.74, 6) is -0.189. The molecule has 1 aromatic heterocycles. The highest BCUT2D eigenvalue weighted by atomic mass is 16.2. The molecule has 1 amide bonds. The summed E-state index contributed by atoms with van der Waals surface area (Å²) < 4.78 is 0. The summed E-state index contributed by atoms with van der Waals surface area (Å²) in [5.41, 5.74) is 0.803. The van der Waals surface area contributed by atoms with Gasteiger partial charge in [-0.25, -0.2) is 4.98 Å². The van der Waals surface area contributed by atoms with E-state index in [2.05, 4.69) is 15.6 Å². The Hall–Kier alpha value is -1.93. The van der Waals surface area contributed by atoms with E-state index in [1.807, 2.05) is 6.07 Å². The van der Waals surface area contributed by atoms with Gasteiger partial charge in [0.15, 0.2) is 0 Å². The third-order valence-electron chi connectivity index (χ3n) is 2.24. The molecule has 0 bridgehead atoms. The van der Waals surface area contributed by atoms with Crippen LogP contribution in [0.15, 0.2) is 18.3 Å². The number of amides is 1. The minimum atomic E-state index is -0.189. The molecule has 0 aromatic carbocycles. The zero-order valence-corrected chi connectivity index (χ0v) is 8.03. The van der Waals surface area contributed by atoms with Crippen molar-refractivity contribution < 1.29 is 4.79 Å². The first-order valence-corrected chi connectivity index (χ1v) is 4.67. The lowest BCUT2D eigenvalue weighted by Crippen LogP contribution is -2.57. The number of nitriles is 1. The monoisotopic (exact) mass is 202 g/mol. The number of pyridine rings is 1. The molecule has 0 spiro atoms. The molecule has 0 saturated carbocycles. The fourth-order valence-corrected chi connectivity index (χ4v) is 1.24. The van der Waals surface area contributed by atoms with Gasteiger partial charge in [-0.2, -0.15) is 5.26 Å². The Kier molecular flexibility index (Phi) is 2.61. The van der Waals surface area contributed by atoms with Crippen LogP contribution in [0.5, 0.6) is 0 Å². The Morgan fingerprint density at radius 2 is 2.40 bits per heavy atom. The zero-order valence-electron chi connectivity index (χ0n) is 8.03. The Balaban J connectivity index is 2.02. The second-order valence-electron chi connectivity index (χ2n) is 3.37. The van der Waals surface area contributed by atoms with E-state index < -0.39 is 0 Å². The van der Waals surface area contributed by atoms with Gasteiger partial charge < -0.3 is 10.6 Å². The van der Waals surface area contributed by atoms with Gasteiger partial charge in [-0.1, -0.05) is 0 Å². The fraction of sp³-hybridized carbons (Fsp3) is 0.300. The normalized spacial score (nSPS) is 15.1. The van der Waals surface area contributed by atoms with Crippen molar-refractivity contribution in [3.8, 4) is 6.07 Å². The number of carbonyl (C=O) groups excluding carboxylic acids is 1. The number of hydrogen-bond acceptors (Lipinski definition) is 4. The fourth-order valence-electron chi connectivity index (χ4n) is 1.24. The molecule has 5 nitrogen and oxygen atoms in total. The van der Waals surface area contributed by atoms with E-state index in [1.165, 1.54) is 6.20 Å². The second kappa shape index (κ2) is 4.07. The van der Waals surface area contributed by atoms with Crippen LogP contribution < -0.4 is 10.6 Å². The first kappa shape index (κ1) is 9.62. The Labute approximate surface area is 87.1 Å². The summed E-state index contributed by atoms with van der Waals surface area (Å²) in [7, 11) is 0. The number of nitrogens with one attached hydrogen (secondary N) is 2. The van der Waals surface area contributed by atoms with Crippen molar-refractivity contribution in [1.82, 2.24) is 15.6 Å². The summed E-state index contributed by atoms with van der Waals surface area (Å²) in [6.45, 7) is 1.62. The quantitative estimate of drug-likeness (QED) is 0.687. The lowest BCUT2D eigenvalue weighted by Gasteiger charge is -2.27. The van der Waals surface area contributed by atoms with E-state index in [0.29, 0.717) is 11.3 Å². The molecule has 1 aliphatic heterocycles. The zero-order chi connectivity index (χ0) is 10.7. The van der Waals surface area contributed by atoms with Gasteiger partial charge in [-0.05, 0) is 12.1 Å². The average molecular weight is 202 g/mol. The molecule has 1 aromatic rings. The highest BCUT2D eigenvalue weighted by molar-refractivity contribution is 5.92. The van der Waals surface area contributed by atoms with Crippen molar-refractivity contribution in [2.45, 2.75) is 6.04 Å². The van der Waals surface area contributed by atoms with Crippen molar-refractivity contribution in [2.75, 3.05) is 13.1 Å². The summed E-state index contributed by atoms with van der Waals surface area (Å²) in [5, 5.41) is 14.4. The highest BCUT2D eigenvalue weighted by Crippen LogP contribution is 2.00. The predicted octanol–water partition coefficient (Wildman–Crippen LogP) is -0.345. The van der Waals surface area contributed by atoms with Crippen LogP contribution in [-0.2, 0) is 0 Å². The lowest BCUT2D eigenvalue weighted by molar-refractivity contribution is 0.0919. The molecule has 0 radical (unpaired) electrons. The molecular weight excluding hydrogens is 192 g/mol. The first-order valence-electron chi connectivity index (χ1n) is 4.67. The van der Waals surface area contributed by atoms with Crippen LogP contribution in [0.2, 0.25) is 0 Å². The molecule has 1 aliphatic rings. The van der Waals surface area contributed by atoms with Crippen LogP contribution in [0, 0.1) is 11.3 Å². The van der Waals surface area contributed by atoms with Crippen LogP contribution in [0.4, 0.5) is 0 Å². The third kappa shape index (κ3) is 2.11.